The molecule has 0 aromatic carbocycles. The molecule has 0 aliphatic heterocycles. The molecule has 0 bridgehead atoms. The number of hydrogen-bond donors (Lipinski definition) is 0. The summed E-state index contributed by atoms with van der Waals surface area (Å²) >= 11 is 0. The van der Waals surface area contributed by atoms with E-state index in [4.69, 9.17) is 14.2 Å². The minimum absolute atomic E-state index is 0.0843. The number of rotatable bonds is 55. The largest absolute Gasteiger partial charge is 0.462 e. The highest BCUT2D eigenvalue weighted by atomic mass is 16.6. The number of ether oxygens (including phenoxy) is 3. The van der Waals surface area contributed by atoms with E-state index in [2.05, 4.69) is 81.5 Å². The highest BCUT2D eigenvalue weighted by Crippen LogP contribution is 2.17. The van der Waals surface area contributed by atoms with Gasteiger partial charge < -0.3 is 14.2 Å². The van der Waals surface area contributed by atoms with Crippen molar-refractivity contribution in [3.8, 4) is 0 Å². The Hall–Kier alpha value is -2.89. The number of carbonyl (C=O) groups is 3. The molecule has 0 N–H and O–H groups in total. The molecule has 0 fully saturated rings. The van der Waals surface area contributed by atoms with Crippen molar-refractivity contribution < 1.29 is 28.6 Å². The van der Waals surface area contributed by atoms with Crippen molar-refractivity contribution in [1.82, 2.24) is 0 Å². The Kier molecular flexibility index (Phi) is 56.3. The Morgan fingerprint density at radius 2 is 0.571 bits per heavy atom. The molecule has 0 aromatic heterocycles. The summed E-state index contributed by atoms with van der Waals surface area (Å²) in [5, 5.41) is 0. The smallest absolute Gasteiger partial charge is 0.306 e. The lowest BCUT2D eigenvalue weighted by Gasteiger charge is -2.18. The van der Waals surface area contributed by atoms with Gasteiger partial charge in [0, 0.05) is 19.3 Å². The second-order valence-corrected chi connectivity index (χ2v) is 20.2. The molecule has 406 valence electrons. The number of allylic oxidation sites excluding steroid dienone is 10. The third-order valence-electron chi connectivity index (χ3n) is 13.3. The average molecular weight is 980 g/mol. The van der Waals surface area contributed by atoms with Gasteiger partial charge in [0.05, 0.1) is 0 Å². The molecule has 70 heavy (non-hydrogen) atoms. The minimum atomic E-state index is -0.789. The zero-order valence-corrected chi connectivity index (χ0v) is 46.5. The summed E-state index contributed by atoms with van der Waals surface area (Å²) in [6.45, 7) is 6.50. The highest BCUT2D eigenvalue weighted by molar-refractivity contribution is 5.71. The van der Waals surface area contributed by atoms with Crippen LogP contribution in [-0.2, 0) is 28.6 Å². The predicted octanol–water partition coefficient (Wildman–Crippen LogP) is 20.4. The van der Waals surface area contributed by atoms with Crippen LogP contribution in [0.3, 0.4) is 0 Å². The van der Waals surface area contributed by atoms with Crippen molar-refractivity contribution >= 4 is 17.9 Å². The number of esters is 3. The third-order valence-corrected chi connectivity index (χ3v) is 13.3. The first-order valence-corrected chi connectivity index (χ1v) is 30.3. The van der Waals surface area contributed by atoms with Gasteiger partial charge in [0.2, 0.25) is 0 Å². The first kappa shape index (κ1) is 67.1. The van der Waals surface area contributed by atoms with Crippen molar-refractivity contribution in [2.75, 3.05) is 13.2 Å². The molecule has 0 aliphatic carbocycles. The monoisotopic (exact) mass is 979 g/mol. The van der Waals surface area contributed by atoms with Crippen molar-refractivity contribution in [2.24, 2.45) is 0 Å². The molecule has 0 amide bonds. The van der Waals surface area contributed by atoms with Crippen LogP contribution in [-0.4, -0.2) is 37.2 Å². The summed E-state index contributed by atoms with van der Waals surface area (Å²) in [5.74, 6) is -0.906. The number of hydrogen-bond acceptors (Lipinski definition) is 6. The molecule has 0 aromatic rings. The zero-order chi connectivity index (χ0) is 50.7. The van der Waals surface area contributed by atoms with E-state index in [-0.39, 0.29) is 31.1 Å². The summed E-state index contributed by atoms with van der Waals surface area (Å²) in [4.78, 5) is 38.1. The van der Waals surface area contributed by atoms with Crippen molar-refractivity contribution in [1.29, 1.82) is 0 Å². The summed E-state index contributed by atoms with van der Waals surface area (Å²) in [5.41, 5.74) is 0. The zero-order valence-electron chi connectivity index (χ0n) is 46.5. The van der Waals surface area contributed by atoms with Gasteiger partial charge in [-0.3, -0.25) is 14.4 Å². The Labute approximate surface area is 434 Å². The standard InChI is InChI=1S/C64H114O6/c1-4-7-10-13-16-19-22-24-26-28-29-30-31-32-33-34-36-37-39-42-45-48-51-54-57-63(66)69-60-61(59-68-62(65)56-53-50-47-44-41-21-18-15-12-9-6-3)70-64(67)58-55-52-49-46-43-40-38-35-27-25-23-20-17-14-11-8-5-2/h8,11,15,17-18,20,25,27,38,40,61H,4-7,9-10,12-14,16,19,21-24,26,28-37,39,41-60H2,1-3H3/b11-8-,18-15-,20-17-,27-25-,40-38-. The van der Waals surface area contributed by atoms with E-state index in [0.717, 1.165) is 103 Å². The van der Waals surface area contributed by atoms with Gasteiger partial charge in [0.25, 0.3) is 0 Å². The van der Waals surface area contributed by atoms with Crippen molar-refractivity contribution in [3.63, 3.8) is 0 Å². The molecular weight excluding hydrogens is 865 g/mol. The molecule has 0 spiro atoms. The van der Waals surface area contributed by atoms with Crippen LogP contribution in [0.15, 0.2) is 60.8 Å². The van der Waals surface area contributed by atoms with Gasteiger partial charge in [-0.1, -0.05) is 274 Å². The van der Waals surface area contributed by atoms with Gasteiger partial charge in [-0.05, 0) is 77.0 Å². The Bertz CT molecular complexity index is 1260. The fourth-order valence-corrected chi connectivity index (χ4v) is 8.71. The van der Waals surface area contributed by atoms with Crippen LogP contribution in [0.1, 0.15) is 310 Å². The van der Waals surface area contributed by atoms with Crippen LogP contribution < -0.4 is 0 Å². The van der Waals surface area contributed by atoms with E-state index in [9.17, 15) is 14.4 Å². The lowest BCUT2D eigenvalue weighted by Crippen LogP contribution is -2.30. The second-order valence-electron chi connectivity index (χ2n) is 20.2. The molecule has 0 saturated heterocycles. The molecule has 0 rings (SSSR count). The van der Waals surface area contributed by atoms with Crippen LogP contribution in [0, 0.1) is 0 Å². The van der Waals surface area contributed by atoms with Crippen LogP contribution in [0.2, 0.25) is 0 Å². The molecule has 6 nitrogen and oxygen atoms in total. The Morgan fingerprint density at radius 1 is 0.300 bits per heavy atom. The van der Waals surface area contributed by atoms with E-state index in [1.807, 2.05) is 0 Å². The molecule has 1 atom stereocenters. The van der Waals surface area contributed by atoms with Gasteiger partial charge >= 0.3 is 17.9 Å². The molecule has 0 heterocycles. The first-order chi connectivity index (χ1) is 34.5. The van der Waals surface area contributed by atoms with Gasteiger partial charge in [-0.25, -0.2) is 0 Å². The van der Waals surface area contributed by atoms with E-state index >= 15 is 0 Å². The minimum Gasteiger partial charge on any atom is -0.462 e. The number of carbonyl (C=O) groups excluding carboxylic acids is 3. The first-order valence-electron chi connectivity index (χ1n) is 30.3. The summed E-state index contributed by atoms with van der Waals surface area (Å²) in [7, 11) is 0. The predicted molar refractivity (Wildman–Crippen MR) is 302 cm³/mol. The van der Waals surface area contributed by atoms with Crippen LogP contribution >= 0.6 is 0 Å². The van der Waals surface area contributed by atoms with E-state index < -0.39 is 6.10 Å². The summed E-state index contributed by atoms with van der Waals surface area (Å²) < 4.78 is 16.8. The maximum Gasteiger partial charge on any atom is 0.306 e. The summed E-state index contributed by atoms with van der Waals surface area (Å²) in [6, 6.07) is 0. The fraction of sp³-hybridized carbons (Fsp3) is 0.797. The maximum atomic E-state index is 12.8. The second kappa shape index (κ2) is 58.7. The molecule has 0 saturated carbocycles. The maximum absolute atomic E-state index is 12.8. The van der Waals surface area contributed by atoms with Crippen LogP contribution in [0.5, 0.6) is 0 Å². The molecule has 0 radical (unpaired) electrons. The Balaban J connectivity index is 4.26. The van der Waals surface area contributed by atoms with E-state index in [0.29, 0.717) is 19.3 Å². The van der Waals surface area contributed by atoms with Gasteiger partial charge in [0.1, 0.15) is 13.2 Å². The third kappa shape index (κ3) is 56.0. The molecule has 6 heteroatoms. The van der Waals surface area contributed by atoms with Crippen LogP contribution in [0.4, 0.5) is 0 Å². The molecule has 1 unspecified atom stereocenters. The van der Waals surface area contributed by atoms with E-state index in [1.54, 1.807) is 0 Å². The van der Waals surface area contributed by atoms with E-state index in [1.165, 1.54) is 167 Å². The summed E-state index contributed by atoms with van der Waals surface area (Å²) in [6.07, 6.45) is 73.8. The normalized spacial score (nSPS) is 12.4. The van der Waals surface area contributed by atoms with Gasteiger partial charge in [-0.15, -0.1) is 0 Å². The average Bonchev–Trinajstić information content (AvgIpc) is 3.36. The van der Waals surface area contributed by atoms with Crippen LogP contribution in [0.25, 0.3) is 0 Å². The topological polar surface area (TPSA) is 78.9 Å². The molecular formula is C64H114O6. The lowest BCUT2D eigenvalue weighted by atomic mass is 10.0. The SMILES string of the molecule is CC/C=C\C/C=C\C/C=C\C/C=C\CCCCCCC(=O)OC(COC(=O)CCCCCCC/C=C\CCCC)COC(=O)CCCCCCCCCCCCCCCCCCCCCCCCCC. The quantitative estimate of drug-likeness (QED) is 0.0261. The number of unbranched alkanes of at least 4 members (excludes halogenated alkanes) is 34. The van der Waals surface area contributed by atoms with Gasteiger partial charge in [-0.2, -0.15) is 0 Å². The van der Waals surface area contributed by atoms with Gasteiger partial charge in [0.15, 0.2) is 6.10 Å². The van der Waals surface area contributed by atoms with Crippen molar-refractivity contribution in [3.05, 3.63) is 60.8 Å². The molecule has 0 aliphatic rings. The lowest BCUT2D eigenvalue weighted by molar-refractivity contribution is -0.167. The Morgan fingerprint density at radius 3 is 0.929 bits per heavy atom. The van der Waals surface area contributed by atoms with Crippen molar-refractivity contribution in [2.45, 2.75) is 316 Å². The highest BCUT2D eigenvalue weighted by Gasteiger charge is 2.19. The fourth-order valence-electron chi connectivity index (χ4n) is 8.71.